The summed E-state index contributed by atoms with van der Waals surface area (Å²) in [5.41, 5.74) is 5.11. The Labute approximate surface area is 190 Å². The highest BCUT2D eigenvalue weighted by Gasteiger charge is 2.32. The number of benzene rings is 2. The summed E-state index contributed by atoms with van der Waals surface area (Å²) in [7, 11) is 0. The van der Waals surface area contributed by atoms with Crippen LogP contribution in [0.2, 0.25) is 0 Å². The van der Waals surface area contributed by atoms with Gasteiger partial charge in [0.2, 0.25) is 5.91 Å². The molecule has 1 atom stereocenters. The standard InChI is InChI=1S/C17H22N2O3.C9H11N/c1-17(2)9-15(21)18-14-8-11(5-6-13(14)17)16(22)19-7-3-4-12(20)10-19;1-2-4-9-7-10-6-5-8(9)3-1/h5-6,8,12,20H,3-4,7,9-10H2,1-2H3,(H,18,21);1-4,10H,5-7H2. The van der Waals surface area contributed by atoms with Crippen molar-refractivity contribution in [1.82, 2.24) is 10.2 Å². The molecule has 0 radical (unpaired) electrons. The smallest absolute Gasteiger partial charge is 0.254 e. The average molecular weight is 436 g/mol. The number of anilines is 1. The average Bonchev–Trinajstić information content (AvgIpc) is 2.78. The van der Waals surface area contributed by atoms with E-state index in [4.69, 9.17) is 0 Å². The minimum absolute atomic E-state index is 0.0181. The van der Waals surface area contributed by atoms with E-state index in [1.807, 2.05) is 26.0 Å². The van der Waals surface area contributed by atoms with Crippen LogP contribution in [-0.4, -0.2) is 47.6 Å². The monoisotopic (exact) mass is 435 g/mol. The zero-order valence-electron chi connectivity index (χ0n) is 19.0. The van der Waals surface area contributed by atoms with Gasteiger partial charge in [0.15, 0.2) is 0 Å². The van der Waals surface area contributed by atoms with Crippen molar-refractivity contribution in [3.8, 4) is 0 Å². The van der Waals surface area contributed by atoms with Crippen molar-refractivity contribution < 1.29 is 14.7 Å². The van der Waals surface area contributed by atoms with Crippen molar-refractivity contribution in [2.24, 2.45) is 0 Å². The highest BCUT2D eigenvalue weighted by Crippen LogP contribution is 2.37. The van der Waals surface area contributed by atoms with Crippen LogP contribution in [0.4, 0.5) is 5.69 Å². The Hall–Kier alpha value is -2.70. The third-order valence-electron chi connectivity index (χ3n) is 6.56. The molecule has 3 N–H and O–H groups in total. The number of carbonyl (C=O) groups excluding carboxylic acids is 2. The summed E-state index contributed by atoms with van der Waals surface area (Å²) in [5.74, 6) is -0.102. The number of amides is 2. The van der Waals surface area contributed by atoms with Crippen LogP contribution in [0.25, 0.3) is 0 Å². The van der Waals surface area contributed by atoms with Crippen LogP contribution in [0, 0.1) is 0 Å². The van der Waals surface area contributed by atoms with Crippen LogP contribution >= 0.6 is 0 Å². The molecule has 0 saturated carbocycles. The third-order valence-corrected chi connectivity index (χ3v) is 6.56. The number of likely N-dealkylation sites (tertiary alicyclic amines) is 1. The first-order chi connectivity index (χ1) is 15.3. The molecule has 0 aliphatic carbocycles. The maximum absolute atomic E-state index is 12.6. The molecule has 6 nitrogen and oxygen atoms in total. The first-order valence-corrected chi connectivity index (χ1v) is 11.5. The van der Waals surface area contributed by atoms with Gasteiger partial charge in [0.05, 0.1) is 6.10 Å². The van der Waals surface area contributed by atoms with Gasteiger partial charge in [-0.2, -0.15) is 0 Å². The van der Waals surface area contributed by atoms with Crippen LogP contribution < -0.4 is 10.6 Å². The predicted octanol–water partition coefficient (Wildman–Crippen LogP) is 3.24. The van der Waals surface area contributed by atoms with Gasteiger partial charge in [-0.1, -0.05) is 44.2 Å². The fraction of sp³-hybridized carbons (Fsp3) is 0.462. The van der Waals surface area contributed by atoms with E-state index >= 15 is 0 Å². The van der Waals surface area contributed by atoms with Crippen LogP contribution in [0.5, 0.6) is 0 Å². The summed E-state index contributed by atoms with van der Waals surface area (Å²) in [5, 5.41) is 15.9. The van der Waals surface area contributed by atoms with Gasteiger partial charge in [0.25, 0.3) is 5.91 Å². The lowest BCUT2D eigenvalue weighted by Crippen LogP contribution is -2.42. The van der Waals surface area contributed by atoms with E-state index < -0.39 is 6.10 Å². The van der Waals surface area contributed by atoms with E-state index in [-0.39, 0.29) is 17.2 Å². The lowest BCUT2D eigenvalue weighted by Gasteiger charge is -2.33. The number of piperidine rings is 1. The zero-order chi connectivity index (χ0) is 22.7. The zero-order valence-corrected chi connectivity index (χ0v) is 19.0. The fourth-order valence-corrected chi connectivity index (χ4v) is 4.80. The predicted molar refractivity (Wildman–Crippen MR) is 126 cm³/mol. The Balaban J connectivity index is 0.000000203. The highest BCUT2D eigenvalue weighted by molar-refractivity contribution is 5.99. The topological polar surface area (TPSA) is 81.7 Å². The summed E-state index contributed by atoms with van der Waals surface area (Å²) in [6.45, 7) is 7.31. The first kappa shape index (κ1) is 22.5. The molecule has 3 aliphatic heterocycles. The minimum Gasteiger partial charge on any atom is -0.391 e. The van der Waals surface area contributed by atoms with Gasteiger partial charge in [-0.25, -0.2) is 0 Å². The van der Waals surface area contributed by atoms with Crippen molar-refractivity contribution in [2.45, 2.75) is 57.6 Å². The molecule has 1 fully saturated rings. The maximum atomic E-state index is 12.6. The van der Waals surface area contributed by atoms with Crippen molar-refractivity contribution >= 4 is 17.5 Å². The van der Waals surface area contributed by atoms with E-state index in [9.17, 15) is 14.7 Å². The fourth-order valence-electron chi connectivity index (χ4n) is 4.80. The largest absolute Gasteiger partial charge is 0.391 e. The molecule has 1 unspecified atom stereocenters. The van der Waals surface area contributed by atoms with Crippen molar-refractivity contribution in [2.75, 3.05) is 25.0 Å². The second kappa shape index (κ2) is 9.43. The summed E-state index contributed by atoms with van der Waals surface area (Å²) in [4.78, 5) is 26.1. The number of aliphatic hydroxyl groups is 1. The second-order valence-corrected chi connectivity index (χ2v) is 9.61. The SMILES string of the molecule is CC1(C)CC(=O)Nc2cc(C(=O)N3CCCC(O)C3)ccc21.c1ccc2c(c1)CCNC2. The number of nitrogens with zero attached hydrogens (tertiary/aromatic N) is 1. The Kier molecular flexibility index (Phi) is 6.63. The lowest BCUT2D eigenvalue weighted by molar-refractivity contribution is -0.117. The first-order valence-electron chi connectivity index (χ1n) is 11.5. The summed E-state index contributed by atoms with van der Waals surface area (Å²) >= 11 is 0. The number of nitrogens with one attached hydrogen (secondary N) is 2. The Morgan fingerprint density at radius 1 is 1.16 bits per heavy atom. The highest BCUT2D eigenvalue weighted by atomic mass is 16.3. The number of β-amino-alcohol motifs (C(OH)–C–C–N with tert-alkyl or cyclic N) is 1. The molecule has 0 spiro atoms. The van der Waals surface area contributed by atoms with Crippen molar-refractivity contribution in [3.05, 3.63) is 64.7 Å². The number of aliphatic hydroxyl groups excluding tert-OH is 1. The van der Waals surface area contributed by atoms with Gasteiger partial charge in [0.1, 0.15) is 0 Å². The maximum Gasteiger partial charge on any atom is 0.254 e. The molecule has 2 aromatic carbocycles. The van der Waals surface area contributed by atoms with E-state index in [0.29, 0.717) is 25.1 Å². The molecule has 170 valence electrons. The Morgan fingerprint density at radius 2 is 1.94 bits per heavy atom. The van der Waals surface area contributed by atoms with Crippen LogP contribution in [0.15, 0.2) is 42.5 Å². The van der Waals surface area contributed by atoms with Gasteiger partial charge in [-0.15, -0.1) is 0 Å². The Morgan fingerprint density at radius 3 is 2.69 bits per heavy atom. The number of carbonyl (C=O) groups is 2. The summed E-state index contributed by atoms with van der Waals surface area (Å²) < 4.78 is 0. The van der Waals surface area contributed by atoms with Crippen molar-refractivity contribution in [3.63, 3.8) is 0 Å². The van der Waals surface area contributed by atoms with E-state index in [0.717, 1.165) is 37.2 Å². The molecule has 3 aliphatic rings. The molecule has 32 heavy (non-hydrogen) atoms. The van der Waals surface area contributed by atoms with Crippen LogP contribution in [0.3, 0.4) is 0 Å². The van der Waals surface area contributed by atoms with E-state index in [1.165, 1.54) is 17.5 Å². The number of hydrogen-bond acceptors (Lipinski definition) is 4. The van der Waals surface area contributed by atoms with Gasteiger partial charge >= 0.3 is 0 Å². The van der Waals surface area contributed by atoms with Crippen LogP contribution in [0.1, 0.15) is 60.2 Å². The molecule has 3 heterocycles. The normalized spacial score (nSPS) is 21.4. The van der Waals surface area contributed by atoms with Crippen LogP contribution in [-0.2, 0) is 23.2 Å². The molecule has 2 amide bonds. The van der Waals surface area contributed by atoms with E-state index in [1.54, 1.807) is 11.0 Å². The van der Waals surface area contributed by atoms with Gasteiger partial charge in [-0.3, -0.25) is 9.59 Å². The molecule has 0 aromatic heterocycles. The lowest BCUT2D eigenvalue weighted by atomic mass is 9.77. The molecular formula is C26H33N3O3. The van der Waals surface area contributed by atoms with Gasteiger partial charge in [0, 0.05) is 42.7 Å². The molecular weight excluding hydrogens is 402 g/mol. The van der Waals surface area contributed by atoms with Gasteiger partial charge < -0.3 is 20.6 Å². The second-order valence-electron chi connectivity index (χ2n) is 9.61. The van der Waals surface area contributed by atoms with Gasteiger partial charge in [-0.05, 0) is 54.6 Å². The van der Waals surface area contributed by atoms with E-state index in [2.05, 4.69) is 34.9 Å². The quantitative estimate of drug-likeness (QED) is 0.642. The number of hydrogen-bond donors (Lipinski definition) is 3. The summed E-state index contributed by atoms with van der Waals surface area (Å²) in [6.07, 6.45) is 2.77. The third kappa shape index (κ3) is 5.03. The number of fused-ring (bicyclic) bond motifs is 2. The molecule has 0 bridgehead atoms. The van der Waals surface area contributed by atoms with Crippen molar-refractivity contribution in [1.29, 1.82) is 0 Å². The minimum atomic E-state index is -0.436. The summed E-state index contributed by atoms with van der Waals surface area (Å²) in [6, 6.07) is 14.1. The molecule has 1 saturated heterocycles. The number of rotatable bonds is 1. The molecule has 2 aromatic rings. The Bertz CT molecular complexity index is 977. The molecule has 5 rings (SSSR count). The molecule has 6 heteroatoms.